The Morgan fingerprint density at radius 2 is 0.935 bits per heavy atom. The molecule has 46 heavy (non-hydrogen) atoms. The third-order valence-electron chi connectivity index (χ3n) is 8.54. The summed E-state index contributed by atoms with van der Waals surface area (Å²) >= 11 is 0. The fourth-order valence-electron chi connectivity index (χ4n) is 5.65. The van der Waals surface area contributed by atoms with Crippen LogP contribution in [0.2, 0.25) is 0 Å². The van der Waals surface area contributed by atoms with Gasteiger partial charge in [0, 0.05) is 22.3 Å². The molecule has 2 aromatic rings. The van der Waals surface area contributed by atoms with E-state index in [2.05, 4.69) is 104 Å². The van der Waals surface area contributed by atoms with Gasteiger partial charge in [-0.15, -0.1) is 0 Å². The van der Waals surface area contributed by atoms with Gasteiger partial charge in [-0.3, -0.25) is 0 Å². The summed E-state index contributed by atoms with van der Waals surface area (Å²) in [6, 6.07) is 17.8. The largest absolute Gasteiger partial charge is 2.00 e. The molecule has 0 unspecified atom stereocenters. The predicted molar refractivity (Wildman–Crippen MR) is 201 cm³/mol. The first-order chi connectivity index (χ1) is 21.9. The quantitative estimate of drug-likeness (QED) is 0.0615. The Bertz CT molecular complexity index is 1130. The van der Waals surface area contributed by atoms with Crippen LogP contribution in [0.1, 0.15) is 173 Å². The van der Waals surface area contributed by atoms with Crippen molar-refractivity contribution < 1.29 is 21.2 Å². The van der Waals surface area contributed by atoms with E-state index in [1.54, 1.807) is 0 Å². The summed E-state index contributed by atoms with van der Waals surface area (Å²) in [5.74, 6) is 0. The maximum atomic E-state index is 11.7. The van der Waals surface area contributed by atoms with E-state index in [9.17, 15) is 5.53 Å². The molecule has 2 nitrogen and oxygen atoms in total. The topological polar surface area (TPSA) is 25.3 Å². The number of hydrogen-bond acceptors (Lipinski definition) is 0. The van der Waals surface area contributed by atoms with Gasteiger partial charge >= 0.3 is 16.5 Å². The van der Waals surface area contributed by atoms with E-state index in [0.29, 0.717) is 0 Å². The minimum absolute atomic E-state index is 0. The van der Waals surface area contributed by atoms with Crippen molar-refractivity contribution in [1.82, 2.24) is 0 Å². The van der Waals surface area contributed by atoms with Crippen LogP contribution >= 0.6 is 0 Å². The molecule has 3 heteroatoms. The molecule has 0 fully saturated rings. The van der Waals surface area contributed by atoms with Crippen LogP contribution in [0.3, 0.4) is 0 Å². The van der Waals surface area contributed by atoms with Crippen LogP contribution in [-0.4, -0.2) is 4.70 Å². The summed E-state index contributed by atoms with van der Waals surface area (Å²) in [5, 5.41) is 0. The summed E-state index contributed by atoms with van der Waals surface area (Å²) in [4.78, 5) is 0. The molecule has 0 aromatic heterocycles. The van der Waals surface area contributed by atoms with Gasteiger partial charge in [0.25, 0.3) is 0 Å². The average molecular weight is 672 g/mol. The van der Waals surface area contributed by atoms with Crippen molar-refractivity contribution in [3.8, 4) is 0 Å². The smallest absolute Gasteiger partial charge is 0.493 e. The van der Waals surface area contributed by atoms with Gasteiger partial charge in [-0.1, -0.05) is 130 Å². The Morgan fingerprint density at radius 3 is 1.33 bits per heavy atom. The summed E-state index contributed by atoms with van der Waals surface area (Å²) in [7, 11) is 0. The number of allylic oxidation sites excluding steroid dienone is 2. The second-order valence-electron chi connectivity index (χ2n) is 12.7. The minimum atomic E-state index is 0. The van der Waals surface area contributed by atoms with Crippen molar-refractivity contribution in [2.45, 2.75) is 164 Å². The van der Waals surface area contributed by atoms with Crippen molar-refractivity contribution in [2.75, 3.05) is 0 Å². The molecule has 1 aliphatic rings. The number of benzene rings is 2. The Hall–Kier alpha value is -1.99. The van der Waals surface area contributed by atoms with E-state index < -0.39 is 0 Å². The summed E-state index contributed by atoms with van der Waals surface area (Å²) in [5.41, 5.74) is 21.2. The molecule has 0 bridgehead atoms. The molecule has 0 radical (unpaired) electrons. The first-order valence-corrected chi connectivity index (χ1v) is 18.6. The van der Waals surface area contributed by atoms with E-state index in [4.69, 9.17) is 0 Å². The van der Waals surface area contributed by atoms with Crippen molar-refractivity contribution in [2.24, 2.45) is 0 Å². The molecule has 0 saturated heterocycles. The monoisotopic (exact) mass is 670 g/mol. The van der Waals surface area contributed by atoms with Crippen molar-refractivity contribution in [3.63, 3.8) is 0 Å². The zero-order chi connectivity index (χ0) is 33.3. The molecule has 0 spiro atoms. The maximum Gasteiger partial charge on any atom is 2.00 e. The third-order valence-corrected chi connectivity index (χ3v) is 8.54. The third kappa shape index (κ3) is 16.2. The van der Waals surface area contributed by atoms with Crippen LogP contribution in [-0.2, 0) is 29.3 Å². The van der Waals surface area contributed by atoms with Crippen LogP contribution in [0.4, 0.5) is 0 Å². The zero-order valence-electron chi connectivity index (χ0n) is 30.7. The van der Waals surface area contributed by atoms with Crippen molar-refractivity contribution in [3.05, 3.63) is 101 Å². The first-order valence-electron chi connectivity index (χ1n) is 18.6. The number of aryl methyl sites for hydroxylation is 2. The van der Waals surface area contributed by atoms with Gasteiger partial charge in [-0.2, -0.15) is 12.8 Å². The molecule has 0 N–H and O–H groups in total. The summed E-state index contributed by atoms with van der Waals surface area (Å²) in [6.07, 6.45) is 22.9. The van der Waals surface area contributed by atoms with Crippen LogP contribution in [0.5, 0.6) is 0 Å². The van der Waals surface area contributed by atoms with Gasteiger partial charge in [0.1, 0.15) is 0 Å². The number of hydrogen-bond donors (Lipinski definition) is 0. The van der Waals surface area contributed by atoms with Gasteiger partial charge in [0.15, 0.2) is 0 Å². The van der Waals surface area contributed by atoms with Gasteiger partial charge in [-0.05, 0) is 80.8 Å². The molecule has 0 atom stereocenters. The second kappa shape index (κ2) is 28.1. The van der Waals surface area contributed by atoms with Crippen molar-refractivity contribution in [1.29, 1.82) is 0 Å². The van der Waals surface area contributed by atoms with Gasteiger partial charge in [-0.25, -0.2) is 4.70 Å². The number of unbranched alkanes of at least 4 members (excludes halogenated alkanes) is 11. The molecule has 0 saturated carbocycles. The maximum absolute atomic E-state index is 11.7. The fraction of sp³-hybridized carbons (Fsp3) is 0.581. The van der Waals surface area contributed by atoms with E-state index in [-0.39, 0.29) is 16.5 Å². The number of rotatable bonds is 19. The molecule has 1 heterocycles. The minimum Gasteiger partial charge on any atom is -0.493 e. The molecule has 1 aliphatic heterocycles. The van der Waals surface area contributed by atoms with E-state index in [1.165, 1.54) is 117 Å². The predicted octanol–water partition coefficient (Wildman–Crippen LogP) is 14.3. The van der Waals surface area contributed by atoms with Gasteiger partial charge in [0.2, 0.25) is 11.4 Å². The van der Waals surface area contributed by atoms with Crippen LogP contribution in [0.25, 0.3) is 16.9 Å². The molecule has 2 aromatic carbocycles. The average Bonchev–Trinajstić information content (AvgIpc) is 3.32. The second-order valence-corrected chi connectivity index (χ2v) is 12.7. The Labute approximate surface area is 296 Å². The first kappa shape index (κ1) is 44.0. The van der Waals surface area contributed by atoms with E-state index >= 15 is 0 Å². The van der Waals surface area contributed by atoms with Crippen molar-refractivity contribution >= 4 is 11.4 Å². The molecular formula is C43H68N2Ni. The van der Waals surface area contributed by atoms with Crippen LogP contribution in [0.15, 0.2) is 59.7 Å². The zero-order valence-corrected chi connectivity index (χ0v) is 31.7. The van der Waals surface area contributed by atoms with Gasteiger partial charge < -0.3 is 19.4 Å². The molecular weight excluding hydrogens is 603 g/mol. The Morgan fingerprint density at radius 1 is 0.543 bits per heavy atom. The van der Waals surface area contributed by atoms with E-state index in [0.717, 1.165) is 54.6 Å². The molecule has 0 aliphatic carbocycles. The van der Waals surface area contributed by atoms with Crippen LogP contribution < -0.4 is 0 Å². The van der Waals surface area contributed by atoms with Crippen LogP contribution in [0, 0.1) is 13.8 Å². The van der Waals surface area contributed by atoms with Gasteiger partial charge in [0.05, 0.1) is 0 Å². The number of nitrogens with zero attached hydrogens (tertiary/aromatic N) is 2. The summed E-state index contributed by atoms with van der Waals surface area (Å²) in [6.45, 7) is 20.4. The van der Waals surface area contributed by atoms with E-state index in [1.807, 2.05) is 0 Å². The normalized spacial score (nSPS) is 12.4. The molecule has 3 rings (SSSR count). The Balaban J connectivity index is 0.00000201. The standard InChI is InChI=1S/C35H50N2.2C4H9.Ni/c1-5-8-11-14-19-29-21-17-23-31(26-29)34-28(4)33(25-16-13-10-7-3)35(37(34)36)32-24-18-22-30(27-32)20-15-12-9-6-2;2*1-3-4-2;/h17-18,21-24,26-27H,5-16,19-20,25H2,1-4H3;2*1,3-4H2,2H3;/q;2*-1;+2. The molecule has 260 valence electrons. The SMILES string of the molecule is CCCCCCC1=C(c2cccc(CCCCCC)c2)[N+](=[N-])C(c2cccc(CCCCCC)c2)=C1C.[CH2-]CCC.[CH2-]CCC.[Ni+2]. The Kier molecular flexibility index (Phi) is 26.9. The molecule has 0 amide bonds. The summed E-state index contributed by atoms with van der Waals surface area (Å²) < 4.78 is 1.51. The fourth-order valence-corrected chi connectivity index (χ4v) is 5.65.